The summed E-state index contributed by atoms with van der Waals surface area (Å²) in [5.41, 5.74) is 3.71. The van der Waals surface area contributed by atoms with Crippen LogP contribution >= 0.6 is 12.4 Å². The number of aryl methyl sites for hydroxylation is 2. The van der Waals surface area contributed by atoms with Crippen molar-refractivity contribution in [3.05, 3.63) is 65.2 Å². The lowest BCUT2D eigenvalue weighted by molar-refractivity contribution is -0.134. The highest BCUT2D eigenvalue weighted by Crippen LogP contribution is 2.24. The lowest BCUT2D eigenvalue weighted by Crippen LogP contribution is -2.48. The highest BCUT2D eigenvalue weighted by atomic mass is 35.5. The van der Waals surface area contributed by atoms with Crippen LogP contribution in [0, 0.1) is 0 Å². The van der Waals surface area contributed by atoms with Crippen molar-refractivity contribution < 1.29 is 9.53 Å². The molecule has 0 aromatic heterocycles. The third-order valence-electron chi connectivity index (χ3n) is 5.12. The normalized spacial score (nSPS) is 16.5. The van der Waals surface area contributed by atoms with E-state index in [9.17, 15) is 4.79 Å². The lowest BCUT2D eigenvalue weighted by Gasteiger charge is -2.36. The van der Waals surface area contributed by atoms with Crippen molar-refractivity contribution in [2.24, 2.45) is 0 Å². The Morgan fingerprint density at radius 1 is 1.11 bits per heavy atom. The highest BCUT2D eigenvalue weighted by Gasteiger charge is 2.27. The Morgan fingerprint density at radius 2 is 1.78 bits per heavy atom. The molecule has 5 heteroatoms. The van der Waals surface area contributed by atoms with E-state index >= 15 is 0 Å². The van der Waals surface area contributed by atoms with Crippen molar-refractivity contribution in [2.75, 3.05) is 26.7 Å². The Labute approximate surface area is 168 Å². The van der Waals surface area contributed by atoms with Crippen molar-refractivity contribution in [3.63, 3.8) is 0 Å². The number of benzene rings is 2. The molecule has 1 aliphatic rings. The number of carbonyl (C=O) groups excluding carboxylic acids is 1. The van der Waals surface area contributed by atoms with Gasteiger partial charge in [0.05, 0.1) is 13.2 Å². The van der Waals surface area contributed by atoms with Crippen LogP contribution < -0.4 is 10.1 Å². The summed E-state index contributed by atoms with van der Waals surface area (Å²) in [5.74, 6) is 1.07. The standard InChI is InChI=1S/C22H28N2O2.ClH/c1-3-17-4-9-19(10-5-17)21-16-23-14-15-24(21)22(25)13-8-18-6-11-20(26-2)12-7-18;/h4-7,9-12,21,23H,3,8,13-16H2,1-2H3;1H. The maximum atomic E-state index is 12.9. The molecule has 2 aromatic rings. The Hall–Kier alpha value is -2.04. The number of amides is 1. The molecule has 146 valence electrons. The Balaban J connectivity index is 0.00000261. The number of halogens is 1. The maximum Gasteiger partial charge on any atom is 0.223 e. The van der Waals surface area contributed by atoms with Gasteiger partial charge in [-0.2, -0.15) is 0 Å². The van der Waals surface area contributed by atoms with Crippen molar-refractivity contribution in [2.45, 2.75) is 32.2 Å². The van der Waals surface area contributed by atoms with Gasteiger partial charge in [-0.25, -0.2) is 0 Å². The summed E-state index contributed by atoms with van der Waals surface area (Å²) >= 11 is 0. The third kappa shape index (κ3) is 5.47. The summed E-state index contributed by atoms with van der Waals surface area (Å²) in [6.07, 6.45) is 2.33. The molecule has 1 saturated heterocycles. The van der Waals surface area contributed by atoms with E-state index in [1.165, 1.54) is 11.1 Å². The first-order valence-corrected chi connectivity index (χ1v) is 9.43. The molecule has 3 rings (SSSR count). The van der Waals surface area contributed by atoms with Crippen molar-refractivity contribution in [1.82, 2.24) is 10.2 Å². The average Bonchev–Trinajstić information content (AvgIpc) is 2.72. The second kappa shape index (κ2) is 10.3. The summed E-state index contributed by atoms with van der Waals surface area (Å²) in [7, 11) is 1.66. The molecule has 0 aliphatic carbocycles. The molecule has 1 heterocycles. The zero-order valence-electron chi connectivity index (χ0n) is 16.1. The minimum atomic E-state index is 0. The van der Waals surface area contributed by atoms with Crippen LogP contribution in [0.1, 0.15) is 36.1 Å². The number of carbonyl (C=O) groups is 1. The molecule has 0 radical (unpaired) electrons. The van der Waals surface area contributed by atoms with Crippen molar-refractivity contribution in [3.8, 4) is 5.75 Å². The van der Waals surface area contributed by atoms with Crippen LogP contribution in [0.15, 0.2) is 48.5 Å². The van der Waals surface area contributed by atoms with Crippen LogP contribution in [0.25, 0.3) is 0 Å². The van der Waals surface area contributed by atoms with Crippen molar-refractivity contribution >= 4 is 18.3 Å². The SMILES string of the molecule is CCc1ccc(C2CNCCN2C(=O)CCc2ccc(OC)cc2)cc1.Cl. The van der Waals surface area contributed by atoms with E-state index in [1.54, 1.807) is 7.11 Å². The minimum absolute atomic E-state index is 0. The van der Waals surface area contributed by atoms with Gasteiger partial charge in [0.15, 0.2) is 0 Å². The number of nitrogens with zero attached hydrogens (tertiary/aromatic N) is 1. The van der Waals surface area contributed by atoms with Gasteiger partial charge in [-0.15, -0.1) is 12.4 Å². The van der Waals surface area contributed by atoms with Crippen LogP contribution in [-0.2, 0) is 17.6 Å². The fraction of sp³-hybridized carbons (Fsp3) is 0.409. The second-order valence-corrected chi connectivity index (χ2v) is 6.75. The van der Waals surface area contributed by atoms with E-state index in [0.717, 1.165) is 43.8 Å². The van der Waals surface area contributed by atoms with Gasteiger partial charge in [0.1, 0.15) is 5.75 Å². The molecule has 1 N–H and O–H groups in total. The molecule has 1 fully saturated rings. The van der Waals surface area contributed by atoms with Crippen molar-refractivity contribution in [1.29, 1.82) is 0 Å². The van der Waals surface area contributed by atoms with Crippen LogP contribution in [0.2, 0.25) is 0 Å². The molecule has 27 heavy (non-hydrogen) atoms. The first-order valence-electron chi connectivity index (χ1n) is 9.43. The Morgan fingerprint density at radius 3 is 2.41 bits per heavy atom. The van der Waals surface area contributed by atoms with E-state index < -0.39 is 0 Å². The molecule has 1 atom stereocenters. The molecular formula is C22H29ClN2O2. The van der Waals surface area contributed by atoms with Gasteiger partial charge in [-0.1, -0.05) is 43.3 Å². The van der Waals surface area contributed by atoms with Gasteiger partial charge >= 0.3 is 0 Å². The average molecular weight is 389 g/mol. The quantitative estimate of drug-likeness (QED) is 0.818. The number of methoxy groups -OCH3 is 1. The summed E-state index contributed by atoms with van der Waals surface area (Å²) in [5, 5.41) is 3.43. The highest BCUT2D eigenvalue weighted by molar-refractivity contribution is 5.85. The molecule has 1 aliphatic heterocycles. The Bertz CT molecular complexity index is 716. The fourth-order valence-electron chi connectivity index (χ4n) is 3.46. The second-order valence-electron chi connectivity index (χ2n) is 6.75. The molecule has 1 unspecified atom stereocenters. The third-order valence-corrected chi connectivity index (χ3v) is 5.12. The first-order chi connectivity index (χ1) is 12.7. The fourth-order valence-corrected chi connectivity index (χ4v) is 3.46. The molecule has 4 nitrogen and oxygen atoms in total. The van der Waals surface area contributed by atoms with E-state index in [-0.39, 0.29) is 24.4 Å². The molecule has 0 saturated carbocycles. The van der Waals surface area contributed by atoms with Gasteiger partial charge in [-0.3, -0.25) is 4.79 Å². The largest absolute Gasteiger partial charge is 0.497 e. The van der Waals surface area contributed by atoms with E-state index in [0.29, 0.717) is 6.42 Å². The molecule has 2 aromatic carbocycles. The molecular weight excluding hydrogens is 360 g/mol. The molecule has 0 spiro atoms. The Kier molecular flexibility index (Phi) is 8.14. The smallest absolute Gasteiger partial charge is 0.223 e. The number of hydrogen-bond donors (Lipinski definition) is 1. The van der Waals surface area contributed by atoms with E-state index in [2.05, 4.69) is 36.5 Å². The number of hydrogen-bond acceptors (Lipinski definition) is 3. The van der Waals surface area contributed by atoms with Crippen LogP contribution in [0.3, 0.4) is 0 Å². The van der Waals surface area contributed by atoms with E-state index in [4.69, 9.17) is 4.74 Å². The van der Waals surface area contributed by atoms with Crippen LogP contribution in [0.5, 0.6) is 5.75 Å². The maximum absolute atomic E-state index is 12.9. The zero-order valence-corrected chi connectivity index (χ0v) is 16.9. The van der Waals surface area contributed by atoms with Crippen LogP contribution in [0.4, 0.5) is 0 Å². The predicted octanol–water partition coefficient (Wildman–Crippen LogP) is 3.79. The summed E-state index contributed by atoms with van der Waals surface area (Å²) in [6, 6.07) is 16.8. The molecule has 0 bridgehead atoms. The zero-order chi connectivity index (χ0) is 18.4. The minimum Gasteiger partial charge on any atom is -0.497 e. The predicted molar refractivity (Wildman–Crippen MR) is 112 cm³/mol. The van der Waals surface area contributed by atoms with Crippen LogP contribution in [-0.4, -0.2) is 37.6 Å². The summed E-state index contributed by atoms with van der Waals surface area (Å²) in [6.45, 7) is 4.60. The monoisotopic (exact) mass is 388 g/mol. The summed E-state index contributed by atoms with van der Waals surface area (Å²) in [4.78, 5) is 14.9. The van der Waals surface area contributed by atoms with Gasteiger partial charge in [0, 0.05) is 26.1 Å². The number of ether oxygens (including phenoxy) is 1. The number of nitrogens with one attached hydrogen (secondary N) is 1. The topological polar surface area (TPSA) is 41.6 Å². The first kappa shape index (κ1) is 21.3. The van der Waals surface area contributed by atoms with Gasteiger partial charge < -0.3 is 15.0 Å². The van der Waals surface area contributed by atoms with Gasteiger partial charge in [-0.05, 0) is 41.7 Å². The van der Waals surface area contributed by atoms with Gasteiger partial charge in [0.2, 0.25) is 5.91 Å². The van der Waals surface area contributed by atoms with Gasteiger partial charge in [0.25, 0.3) is 0 Å². The lowest BCUT2D eigenvalue weighted by atomic mass is 10.00. The number of piperazine rings is 1. The number of rotatable bonds is 6. The van der Waals surface area contributed by atoms with E-state index in [1.807, 2.05) is 29.2 Å². The molecule has 1 amide bonds. The summed E-state index contributed by atoms with van der Waals surface area (Å²) < 4.78 is 5.19.